The van der Waals surface area contributed by atoms with Crippen molar-refractivity contribution >= 4 is 0 Å². The molecule has 0 saturated heterocycles. The molecule has 0 spiro atoms. The number of pyridine rings is 1. The van der Waals surface area contributed by atoms with Crippen molar-refractivity contribution in [3.8, 4) is 11.6 Å². The second-order valence-corrected chi connectivity index (χ2v) is 4.07. The highest BCUT2D eigenvalue weighted by Gasteiger charge is 2.20. The fraction of sp³-hybridized carbons (Fsp3) is 0.357. The Morgan fingerprint density at radius 1 is 1.20 bits per heavy atom. The topological polar surface area (TPSA) is 69.2 Å². The molecule has 1 N–H and O–H groups in total. The molecular weight excluding hydrogens is 256 g/mol. The Morgan fingerprint density at radius 2 is 2.05 bits per heavy atom. The fourth-order valence-electron chi connectivity index (χ4n) is 1.96. The van der Waals surface area contributed by atoms with Gasteiger partial charge in [-0.25, -0.2) is 9.97 Å². The van der Waals surface area contributed by atoms with E-state index in [2.05, 4.69) is 20.3 Å². The molecule has 1 atom stereocenters. The van der Waals surface area contributed by atoms with Gasteiger partial charge in [0.2, 0.25) is 5.88 Å². The van der Waals surface area contributed by atoms with Gasteiger partial charge in [-0.15, -0.1) is 0 Å². The van der Waals surface area contributed by atoms with Gasteiger partial charge in [-0.3, -0.25) is 4.98 Å². The average molecular weight is 274 g/mol. The summed E-state index contributed by atoms with van der Waals surface area (Å²) in [4.78, 5) is 12.7. The molecule has 0 saturated carbocycles. The summed E-state index contributed by atoms with van der Waals surface area (Å²) in [5.41, 5.74) is 1.58. The molecule has 6 heteroatoms. The van der Waals surface area contributed by atoms with Crippen LogP contribution in [0.3, 0.4) is 0 Å². The Hall–Kier alpha value is -2.21. The van der Waals surface area contributed by atoms with Gasteiger partial charge < -0.3 is 14.8 Å². The molecule has 20 heavy (non-hydrogen) atoms. The van der Waals surface area contributed by atoms with Crippen LogP contribution in [0.1, 0.15) is 24.4 Å². The summed E-state index contributed by atoms with van der Waals surface area (Å²) in [5.74, 6) is 1.24. The van der Waals surface area contributed by atoms with E-state index in [1.807, 2.05) is 19.1 Å². The predicted octanol–water partition coefficient (Wildman–Crippen LogP) is 1.59. The average Bonchev–Trinajstić information content (AvgIpc) is 2.52. The van der Waals surface area contributed by atoms with Gasteiger partial charge in [-0.05, 0) is 18.7 Å². The maximum absolute atomic E-state index is 5.37. The molecule has 2 aromatic heterocycles. The first-order chi connectivity index (χ1) is 9.80. The summed E-state index contributed by atoms with van der Waals surface area (Å²) in [6, 6.07) is 5.34. The number of aromatic nitrogens is 3. The van der Waals surface area contributed by atoms with Crippen molar-refractivity contribution in [2.45, 2.75) is 13.0 Å². The van der Waals surface area contributed by atoms with Crippen molar-refractivity contribution in [2.24, 2.45) is 0 Å². The van der Waals surface area contributed by atoms with Crippen LogP contribution in [-0.4, -0.2) is 35.7 Å². The van der Waals surface area contributed by atoms with E-state index in [4.69, 9.17) is 9.47 Å². The Labute approximate surface area is 118 Å². The van der Waals surface area contributed by atoms with E-state index in [1.165, 1.54) is 6.33 Å². The van der Waals surface area contributed by atoms with Crippen LogP contribution in [0, 0.1) is 0 Å². The molecule has 0 fully saturated rings. The Balaban J connectivity index is 2.44. The van der Waals surface area contributed by atoms with E-state index in [0.29, 0.717) is 5.88 Å². The number of hydrogen-bond acceptors (Lipinski definition) is 6. The summed E-state index contributed by atoms with van der Waals surface area (Å²) < 4.78 is 10.5. The normalized spacial score (nSPS) is 11.9. The molecule has 0 aromatic carbocycles. The zero-order valence-corrected chi connectivity index (χ0v) is 11.8. The van der Waals surface area contributed by atoms with E-state index in [9.17, 15) is 0 Å². The van der Waals surface area contributed by atoms with Crippen LogP contribution in [-0.2, 0) is 0 Å². The number of methoxy groups -OCH3 is 2. The zero-order valence-electron chi connectivity index (χ0n) is 11.8. The summed E-state index contributed by atoms with van der Waals surface area (Å²) >= 11 is 0. The highest BCUT2D eigenvalue weighted by atomic mass is 16.5. The third-order valence-corrected chi connectivity index (χ3v) is 2.87. The van der Waals surface area contributed by atoms with Crippen molar-refractivity contribution in [3.05, 3.63) is 42.1 Å². The van der Waals surface area contributed by atoms with Crippen molar-refractivity contribution in [1.29, 1.82) is 0 Å². The van der Waals surface area contributed by atoms with E-state index < -0.39 is 0 Å². The van der Waals surface area contributed by atoms with Crippen molar-refractivity contribution in [1.82, 2.24) is 20.3 Å². The van der Waals surface area contributed by atoms with Crippen molar-refractivity contribution < 1.29 is 9.47 Å². The first-order valence-corrected chi connectivity index (χ1v) is 6.38. The molecular formula is C14H18N4O2. The fourth-order valence-corrected chi connectivity index (χ4v) is 1.96. The van der Waals surface area contributed by atoms with Gasteiger partial charge in [0.25, 0.3) is 0 Å². The maximum Gasteiger partial charge on any atom is 0.216 e. The Morgan fingerprint density at radius 3 is 2.75 bits per heavy atom. The molecule has 0 amide bonds. The van der Waals surface area contributed by atoms with Crippen LogP contribution in [0.15, 0.2) is 30.7 Å². The van der Waals surface area contributed by atoms with Crippen LogP contribution < -0.4 is 14.8 Å². The second kappa shape index (κ2) is 6.81. The largest absolute Gasteiger partial charge is 0.495 e. The Bertz CT molecular complexity index is 562. The van der Waals surface area contributed by atoms with Crippen molar-refractivity contribution in [3.63, 3.8) is 0 Å². The van der Waals surface area contributed by atoms with Gasteiger partial charge in [-0.2, -0.15) is 0 Å². The number of nitrogens with one attached hydrogen (secondary N) is 1. The number of hydrogen-bond donors (Lipinski definition) is 1. The molecule has 2 rings (SSSR count). The summed E-state index contributed by atoms with van der Waals surface area (Å²) in [6.45, 7) is 2.80. The van der Waals surface area contributed by atoms with Gasteiger partial charge in [-0.1, -0.05) is 6.92 Å². The highest BCUT2D eigenvalue weighted by molar-refractivity contribution is 5.35. The molecule has 6 nitrogen and oxygen atoms in total. The minimum Gasteiger partial charge on any atom is -0.495 e. The lowest BCUT2D eigenvalue weighted by Gasteiger charge is -2.19. The number of nitrogens with zero attached hydrogens (tertiary/aromatic N) is 3. The summed E-state index contributed by atoms with van der Waals surface area (Å²) in [7, 11) is 3.21. The third-order valence-electron chi connectivity index (χ3n) is 2.87. The van der Waals surface area contributed by atoms with Gasteiger partial charge in [0.15, 0.2) is 0 Å². The molecule has 2 aromatic rings. The minimum atomic E-state index is -0.173. The quantitative estimate of drug-likeness (QED) is 0.862. The van der Waals surface area contributed by atoms with Gasteiger partial charge in [0.05, 0.1) is 26.0 Å². The van der Waals surface area contributed by atoms with E-state index >= 15 is 0 Å². The summed E-state index contributed by atoms with van der Waals surface area (Å²) in [5, 5.41) is 3.35. The molecule has 0 aliphatic heterocycles. The first kappa shape index (κ1) is 14.2. The maximum atomic E-state index is 5.37. The molecule has 0 radical (unpaired) electrons. The van der Waals surface area contributed by atoms with Crippen LogP contribution in [0.4, 0.5) is 0 Å². The Kier molecular flexibility index (Phi) is 4.84. The van der Waals surface area contributed by atoms with Gasteiger partial charge >= 0.3 is 0 Å². The van der Waals surface area contributed by atoms with E-state index in [1.54, 1.807) is 26.5 Å². The lowest BCUT2D eigenvalue weighted by Crippen LogP contribution is -2.24. The molecule has 0 bridgehead atoms. The van der Waals surface area contributed by atoms with Crippen LogP contribution in [0.5, 0.6) is 11.6 Å². The molecule has 0 aliphatic carbocycles. The number of ether oxygens (including phenoxy) is 2. The minimum absolute atomic E-state index is 0.173. The van der Waals surface area contributed by atoms with Gasteiger partial charge in [0.1, 0.15) is 17.8 Å². The summed E-state index contributed by atoms with van der Waals surface area (Å²) in [6.07, 6.45) is 3.22. The molecule has 106 valence electrons. The van der Waals surface area contributed by atoms with Gasteiger partial charge in [0, 0.05) is 12.3 Å². The standard InChI is InChI=1S/C14H18N4O2/c1-4-15-13(10-8-12(20-3)18-9-17-10)14-11(19-2)6-5-7-16-14/h5-9,13,15H,4H2,1-3H3. The van der Waals surface area contributed by atoms with Crippen LogP contribution in [0.2, 0.25) is 0 Å². The predicted molar refractivity (Wildman–Crippen MR) is 74.9 cm³/mol. The highest BCUT2D eigenvalue weighted by Crippen LogP contribution is 2.27. The zero-order chi connectivity index (χ0) is 14.4. The molecule has 1 unspecified atom stereocenters. The number of rotatable bonds is 6. The SMILES string of the molecule is CCNC(c1cc(OC)ncn1)c1ncccc1OC. The third kappa shape index (κ3) is 3.03. The molecule has 2 heterocycles. The van der Waals surface area contributed by atoms with E-state index in [-0.39, 0.29) is 6.04 Å². The van der Waals surface area contributed by atoms with Crippen LogP contribution in [0.25, 0.3) is 0 Å². The lowest BCUT2D eigenvalue weighted by atomic mass is 10.1. The second-order valence-electron chi connectivity index (χ2n) is 4.07. The molecule has 0 aliphatic rings. The van der Waals surface area contributed by atoms with E-state index in [0.717, 1.165) is 23.7 Å². The van der Waals surface area contributed by atoms with Crippen LogP contribution >= 0.6 is 0 Å². The smallest absolute Gasteiger partial charge is 0.216 e. The first-order valence-electron chi connectivity index (χ1n) is 6.38. The van der Waals surface area contributed by atoms with Crippen molar-refractivity contribution in [2.75, 3.05) is 20.8 Å². The lowest BCUT2D eigenvalue weighted by molar-refractivity contribution is 0.391. The monoisotopic (exact) mass is 274 g/mol.